The van der Waals surface area contributed by atoms with Crippen LogP contribution >= 0.6 is 11.8 Å². The number of nitrogens with zero attached hydrogens (tertiary/aromatic N) is 1. The third-order valence-electron chi connectivity index (χ3n) is 1.86. The standard InChI is InChI=1S/C10H11NS/c1-8-6-7-11-9-4-2-3-5-10(9)12-8/h2-5,7-8H,6H2,1H3. The highest BCUT2D eigenvalue weighted by atomic mass is 32.2. The van der Waals surface area contributed by atoms with Gasteiger partial charge in [-0.2, -0.15) is 0 Å². The summed E-state index contributed by atoms with van der Waals surface area (Å²) in [6.07, 6.45) is 3.09. The minimum atomic E-state index is 0.650. The summed E-state index contributed by atoms with van der Waals surface area (Å²) in [6, 6.07) is 8.31. The van der Waals surface area contributed by atoms with Crippen molar-refractivity contribution in [1.29, 1.82) is 0 Å². The molecule has 0 N–H and O–H groups in total. The summed E-state index contributed by atoms with van der Waals surface area (Å²) in [6.45, 7) is 2.23. The highest BCUT2D eigenvalue weighted by molar-refractivity contribution is 8.00. The molecule has 1 atom stereocenters. The summed E-state index contributed by atoms with van der Waals surface area (Å²) in [4.78, 5) is 5.70. The van der Waals surface area contributed by atoms with Crippen LogP contribution in [0.25, 0.3) is 0 Å². The number of rotatable bonds is 0. The second-order valence-electron chi connectivity index (χ2n) is 2.94. The van der Waals surface area contributed by atoms with Crippen molar-refractivity contribution in [3.63, 3.8) is 0 Å². The molecule has 1 aromatic carbocycles. The largest absolute Gasteiger partial charge is 0.260 e. The smallest absolute Gasteiger partial charge is 0.0761 e. The SMILES string of the molecule is CC1CC=Nc2ccccc2S1. The van der Waals surface area contributed by atoms with E-state index in [1.54, 1.807) is 0 Å². The van der Waals surface area contributed by atoms with Crippen molar-refractivity contribution >= 4 is 23.7 Å². The molecule has 1 nitrogen and oxygen atoms in total. The monoisotopic (exact) mass is 177 g/mol. The number of hydrogen-bond acceptors (Lipinski definition) is 2. The van der Waals surface area contributed by atoms with Gasteiger partial charge >= 0.3 is 0 Å². The third kappa shape index (κ3) is 1.53. The Balaban J connectivity index is 2.41. The summed E-state index contributed by atoms with van der Waals surface area (Å²) in [5, 5.41) is 0.650. The average molecular weight is 177 g/mol. The van der Waals surface area contributed by atoms with Gasteiger partial charge in [-0.05, 0) is 18.6 Å². The number of hydrogen-bond donors (Lipinski definition) is 0. The van der Waals surface area contributed by atoms with Crippen molar-refractivity contribution in [3.05, 3.63) is 24.3 Å². The molecule has 0 saturated carbocycles. The lowest BCUT2D eigenvalue weighted by atomic mass is 10.3. The zero-order valence-electron chi connectivity index (χ0n) is 7.03. The summed E-state index contributed by atoms with van der Waals surface area (Å²) < 4.78 is 0. The summed E-state index contributed by atoms with van der Waals surface area (Å²) in [5.41, 5.74) is 1.12. The molecule has 0 spiro atoms. The summed E-state index contributed by atoms with van der Waals surface area (Å²) >= 11 is 1.91. The molecule has 0 radical (unpaired) electrons. The Hall–Kier alpha value is -0.760. The number of thioether (sulfide) groups is 1. The normalized spacial score (nSPS) is 21.6. The van der Waals surface area contributed by atoms with Crippen LogP contribution in [-0.2, 0) is 0 Å². The Bertz CT molecular complexity index is 306. The number of aliphatic imine (C=N–C) groups is 1. The second-order valence-corrected chi connectivity index (χ2v) is 4.42. The van der Waals surface area contributed by atoms with E-state index >= 15 is 0 Å². The zero-order valence-corrected chi connectivity index (χ0v) is 7.84. The quantitative estimate of drug-likeness (QED) is 0.592. The molecule has 0 aromatic heterocycles. The van der Waals surface area contributed by atoms with Gasteiger partial charge < -0.3 is 0 Å². The fraction of sp³-hybridized carbons (Fsp3) is 0.300. The van der Waals surface area contributed by atoms with Gasteiger partial charge in [0.2, 0.25) is 0 Å². The minimum absolute atomic E-state index is 0.650. The molecule has 1 heterocycles. The molecule has 0 amide bonds. The molecular formula is C10H11NS. The molecule has 12 heavy (non-hydrogen) atoms. The molecule has 1 aliphatic heterocycles. The van der Waals surface area contributed by atoms with Crippen LogP contribution in [-0.4, -0.2) is 11.5 Å². The van der Waals surface area contributed by atoms with E-state index in [2.05, 4.69) is 30.1 Å². The number of para-hydroxylation sites is 1. The first kappa shape index (κ1) is 7.87. The van der Waals surface area contributed by atoms with E-state index in [9.17, 15) is 0 Å². The maximum Gasteiger partial charge on any atom is 0.0761 e. The predicted molar refractivity (Wildman–Crippen MR) is 54.5 cm³/mol. The van der Waals surface area contributed by atoms with Crippen molar-refractivity contribution in [3.8, 4) is 0 Å². The molecule has 1 aromatic rings. The highest BCUT2D eigenvalue weighted by Gasteiger charge is 2.09. The lowest BCUT2D eigenvalue weighted by Crippen LogP contribution is -1.93. The van der Waals surface area contributed by atoms with Gasteiger partial charge in [0, 0.05) is 16.4 Å². The molecule has 0 saturated heterocycles. The van der Waals surface area contributed by atoms with Crippen LogP contribution < -0.4 is 0 Å². The minimum Gasteiger partial charge on any atom is -0.260 e. The first-order valence-corrected chi connectivity index (χ1v) is 5.02. The fourth-order valence-electron chi connectivity index (χ4n) is 1.23. The molecule has 0 aliphatic carbocycles. The molecular weight excluding hydrogens is 166 g/mol. The Kier molecular flexibility index (Phi) is 2.17. The Labute approximate surface area is 76.9 Å². The Morgan fingerprint density at radius 3 is 3.17 bits per heavy atom. The summed E-state index contributed by atoms with van der Waals surface area (Å²) in [5.74, 6) is 0. The van der Waals surface area contributed by atoms with Gasteiger partial charge in [0.1, 0.15) is 0 Å². The second kappa shape index (κ2) is 3.31. The number of benzene rings is 1. The van der Waals surface area contributed by atoms with Crippen molar-refractivity contribution in [2.45, 2.75) is 23.5 Å². The molecule has 0 fully saturated rings. The van der Waals surface area contributed by atoms with Crippen LogP contribution in [0.15, 0.2) is 34.2 Å². The molecule has 1 aliphatic rings. The van der Waals surface area contributed by atoms with Crippen LogP contribution in [0.4, 0.5) is 5.69 Å². The van der Waals surface area contributed by atoms with Gasteiger partial charge in [-0.3, -0.25) is 4.99 Å². The van der Waals surface area contributed by atoms with E-state index in [0.717, 1.165) is 12.1 Å². The van der Waals surface area contributed by atoms with Crippen LogP contribution in [0.5, 0.6) is 0 Å². The first-order valence-electron chi connectivity index (χ1n) is 4.14. The topological polar surface area (TPSA) is 12.4 Å². The van der Waals surface area contributed by atoms with E-state index in [1.165, 1.54) is 4.90 Å². The van der Waals surface area contributed by atoms with Crippen LogP contribution in [0.1, 0.15) is 13.3 Å². The van der Waals surface area contributed by atoms with Gasteiger partial charge in [-0.25, -0.2) is 0 Å². The van der Waals surface area contributed by atoms with E-state index in [-0.39, 0.29) is 0 Å². The van der Waals surface area contributed by atoms with Gasteiger partial charge in [-0.15, -0.1) is 11.8 Å². The van der Waals surface area contributed by atoms with Crippen molar-refractivity contribution in [2.75, 3.05) is 0 Å². The van der Waals surface area contributed by atoms with Crippen LogP contribution in [0.3, 0.4) is 0 Å². The summed E-state index contributed by atoms with van der Waals surface area (Å²) in [7, 11) is 0. The van der Waals surface area contributed by atoms with E-state index in [0.29, 0.717) is 5.25 Å². The highest BCUT2D eigenvalue weighted by Crippen LogP contribution is 2.34. The molecule has 1 unspecified atom stereocenters. The lowest BCUT2D eigenvalue weighted by Gasteiger charge is -2.05. The van der Waals surface area contributed by atoms with Crippen LogP contribution in [0, 0.1) is 0 Å². The van der Waals surface area contributed by atoms with Gasteiger partial charge in [-0.1, -0.05) is 19.1 Å². The van der Waals surface area contributed by atoms with E-state index < -0.39 is 0 Å². The van der Waals surface area contributed by atoms with Crippen molar-refractivity contribution in [1.82, 2.24) is 0 Å². The average Bonchev–Trinajstić information content (AvgIpc) is 2.25. The van der Waals surface area contributed by atoms with E-state index in [1.807, 2.05) is 24.0 Å². The van der Waals surface area contributed by atoms with Crippen molar-refractivity contribution < 1.29 is 0 Å². The molecule has 2 rings (SSSR count). The molecule has 62 valence electrons. The fourth-order valence-corrected chi connectivity index (χ4v) is 2.24. The Morgan fingerprint density at radius 2 is 2.25 bits per heavy atom. The maximum atomic E-state index is 4.39. The molecule has 0 bridgehead atoms. The van der Waals surface area contributed by atoms with Crippen LogP contribution in [0.2, 0.25) is 0 Å². The van der Waals surface area contributed by atoms with Gasteiger partial charge in [0.25, 0.3) is 0 Å². The maximum absolute atomic E-state index is 4.39. The van der Waals surface area contributed by atoms with Crippen molar-refractivity contribution in [2.24, 2.45) is 4.99 Å². The van der Waals surface area contributed by atoms with Gasteiger partial charge in [0.15, 0.2) is 0 Å². The third-order valence-corrected chi connectivity index (χ3v) is 3.06. The first-order chi connectivity index (χ1) is 5.86. The zero-order chi connectivity index (χ0) is 8.39. The molecule has 2 heteroatoms. The lowest BCUT2D eigenvalue weighted by molar-refractivity contribution is 1.04. The Morgan fingerprint density at radius 1 is 1.42 bits per heavy atom. The number of fused-ring (bicyclic) bond motifs is 1. The van der Waals surface area contributed by atoms with Gasteiger partial charge in [0.05, 0.1) is 5.69 Å². The predicted octanol–water partition coefficient (Wildman–Crippen LogP) is 3.27. The van der Waals surface area contributed by atoms with E-state index in [4.69, 9.17) is 0 Å².